The predicted molar refractivity (Wildman–Crippen MR) is 133 cm³/mol. The lowest BCUT2D eigenvalue weighted by molar-refractivity contribution is 1.33. The monoisotopic (exact) mass is 397 g/mol. The number of hydrogen-bond acceptors (Lipinski definition) is 1. The van der Waals surface area contributed by atoms with Gasteiger partial charge in [0.1, 0.15) is 0 Å². The number of hydrogen-bond donors (Lipinski definition) is 0. The van der Waals surface area contributed by atoms with Gasteiger partial charge in [0.15, 0.2) is 5.43 Å². The molecular weight excluding hydrogens is 377 g/mol. The highest BCUT2D eigenvalue weighted by molar-refractivity contribution is 6.99. The van der Waals surface area contributed by atoms with Crippen molar-refractivity contribution in [1.29, 1.82) is 0 Å². The fourth-order valence-corrected chi connectivity index (χ4v) is 6.28. The number of fused-ring (bicyclic) bond motifs is 1. The number of aromatic nitrogens is 1. The number of benzene rings is 4. The Balaban J connectivity index is 1.81. The topological polar surface area (TPSA) is 21.5 Å². The van der Waals surface area contributed by atoms with Crippen LogP contribution in [-0.4, -0.2) is 11.1 Å². The van der Waals surface area contributed by atoms with Crippen LogP contribution >= 0.6 is 0 Å². The molecule has 0 unspecified atom stereocenters. The fraction of sp³-hybridized carbons (Fsp3) is 0.107. The summed E-state index contributed by atoms with van der Waals surface area (Å²) in [7, 11) is 0. The summed E-state index contributed by atoms with van der Waals surface area (Å²) in [5.74, 6) is 0. The Morgan fingerprint density at radius 3 is 1.77 bits per heavy atom. The lowest BCUT2D eigenvalue weighted by Gasteiger charge is -2.27. The maximum atomic E-state index is 13.6. The van der Waals surface area contributed by atoms with Gasteiger partial charge in [0.05, 0.1) is 11.0 Å². The quantitative estimate of drug-likeness (QED) is 0.304. The fourth-order valence-electron chi connectivity index (χ4n) is 6.28. The van der Waals surface area contributed by atoms with E-state index in [0.29, 0.717) is 0 Å². The molecule has 0 radical (unpaired) electrons. The Labute approximate surface area is 180 Å². The zero-order chi connectivity index (χ0) is 21.0. The van der Waals surface area contributed by atoms with Gasteiger partial charge < -0.3 is 4.40 Å². The van der Waals surface area contributed by atoms with Gasteiger partial charge in [-0.15, -0.1) is 0 Å². The van der Waals surface area contributed by atoms with Gasteiger partial charge in [0.25, 0.3) is 0 Å². The molecule has 0 amide bonds. The van der Waals surface area contributed by atoms with E-state index in [1.807, 2.05) is 18.2 Å². The predicted octanol–water partition coefficient (Wildman–Crippen LogP) is 3.95. The molecule has 3 heterocycles. The van der Waals surface area contributed by atoms with E-state index in [4.69, 9.17) is 0 Å². The first-order valence-electron chi connectivity index (χ1n) is 10.9. The van der Waals surface area contributed by atoms with E-state index in [1.165, 1.54) is 49.4 Å². The SMILES string of the molecule is Cc1cc(C)c(B2c3cccc4c(=O)c5cccc6c7cccc2c7n(c34)c56)c(C)c1. The van der Waals surface area contributed by atoms with Crippen LogP contribution < -0.4 is 21.8 Å². The molecule has 31 heavy (non-hydrogen) atoms. The van der Waals surface area contributed by atoms with E-state index in [9.17, 15) is 4.79 Å². The van der Waals surface area contributed by atoms with Crippen molar-refractivity contribution in [3.8, 4) is 0 Å². The van der Waals surface area contributed by atoms with E-state index >= 15 is 0 Å². The molecule has 0 N–H and O–H groups in total. The molecule has 0 bridgehead atoms. The second-order valence-corrected chi connectivity index (χ2v) is 9.10. The molecule has 0 aliphatic carbocycles. The van der Waals surface area contributed by atoms with Crippen molar-refractivity contribution in [2.24, 2.45) is 0 Å². The molecule has 7 rings (SSSR count). The van der Waals surface area contributed by atoms with Crippen LogP contribution in [0.3, 0.4) is 0 Å². The van der Waals surface area contributed by atoms with Crippen molar-refractivity contribution in [3.63, 3.8) is 0 Å². The largest absolute Gasteiger partial charge is 0.309 e. The smallest absolute Gasteiger partial charge is 0.247 e. The molecule has 0 spiro atoms. The van der Waals surface area contributed by atoms with Gasteiger partial charge in [-0.05, 0) is 43.8 Å². The number of para-hydroxylation sites is 3. The molecule has 146 valence electrons. The first-order chi connectivity index (χ1) is 15.1. The van der Waals surface area contributed by atoms with Gasteiger partial charge in [-0.3, -0.25) is 4.79 Å². The molecule has 2 aromatic heterocycles. The van der Waals surface area contributed by atoms with Crippen LogP contribution in [0.2, 0.25) is 0 Å². The van der Waals surface area contributed by atoms with Crippen LogP contribution in [-0.2, 0) is 0 Å². The first-order valence-corrected chi connectivity index (χ1v) is 10.9. The third kappa shape index (κ3) is 1.93. The standard InChI is InChI=1S/C28H20BNO/c1-15-13-16(2)24(17(3)14-15)29-22-11-5-8-19-18-7-4-9-20-25(18)30(26(19)22)27-21(28(20)31)10-6-12-23(27)29/h4-14H,1-3H3. The van der Waals surface area contributed by atoms with E-state index in [1.54, 1.807) is 0 Å². The molecule has 0 fully saturated rings. The van der Waals surface area contributed by atoms with Crippen LogP contribution in [0.25, 0.3) is 38.1 Å². The van der Waals surface area contributed by atoms with Gasteiger partial charge >= 0.3 is 0 Å². The third-order valence-electron chi connectivity index (χ3n) is 7.27. The van der Waals surface area contributed by atoms with E-state index < -0.39 is 0 Å². The lowest BCUT2D eigenvalue weighted by Crippen LogP contribution is -2.56. The molecule has 6 aromatic rings. The molecule has 1 aliphatic rings. The van der Waals surface area contributed by atoms with Crippen molar-refractivity contribution < 1.29 is 0 Å². The van der Waals surface area contributed by atoms with Crippen LogP contribution in [0.5, 0.6) is 0 Å². The summed E-state index contributed by atoms with van der Waals surface area (Å²) in [5, 5.41) is 4.03. The van der Waals surface area contributed by atoms with E-state index in [2.05, 4.69) is 73.7 Å². The highest BCUT2D eigenvalue weighted by atomic mass is 16.1. The van der Waals surface area contributed by atoms with Crippen LogP contribution in [0.1, 0.15) is 16.7 Å². The van der Waals surface area contributed by atoms with Gasteiger partial charge in [0, 0.05) is 27.1 Å². The molecule has 4 aromatic carbocycles. The molecule has 3 heteroatoms. The maximum absolute atomic E-state index is 13.6. The number of rotatable bonds is 1. The normalized spacial score (nSPS) is 13.1. The minimum atomic E-state index is 0.116. The summed E-state index contributed by atoms with van der Waals surface area (Å²) >= 11 is 0. The molecule has 0 saturated carbocycles. The Bertz CT molecular complexity index is 1770. The molecule has 0 atom stereocenters. The minimum absolute atomic E-state index is 0.116. The average Bonchev–Trinajstić information content (AvgIpc) is 3.10. The Kier molecular flexibility index (Phi) is 3.07. The summed E-state index contributed by atoms with van der Waals surface area (Å²) < 4.78 is 2.37. The summed E-state index contributed by atoms with van der Waals surface area (Å²) in [6.07, 6.45) is 0. The van der Waals surface area contributed by atoms with Gasteiger partial charge in [-0.25, -0.2) is 0 Å². The minimum Gasteiger partial charge on any atom is -0.309 e. The summed E-state index contributed by atoms with van der Waals surface area (Å²) in [5.41, 5.74) is 11.4. The van der Waals surface area contributed by atoms with Gasteiger partial charge in [-0.1, -0.05) is 76.8 Å². The Morgan fingerprint density at radius 1 is 0.645 bits per heavy atom. The molecule has 2 nitrogen and oxygen atoms in total. The third-order valence-corrected chi connectivity index (χ3v) is 7.27. The highest BCUT2D eigenvalue weighted by Gasteiger charge is 2.34. The van der Waals surface area contributed by atoms with Crippen molar-refractivity contribution in [1.82, 2.24) is 4.40 Å². The van der Waals surface area contributed by atoms with Crippen molar-refractivity contribution >= 4 is 61.2 Å². The zero-order valence-corrected chi connectivity index (χ0v) is 17.8. The van der Waals surface area contributed by atoms with Crippen molar-refractivity contribution in [3.05, 3.63) is 93.6 Å². The molecular formula is C28H20BNO. The van der Waals surface area contributed by atoms with Gasteiger partial charge in [0.2, 0.25) is 6.71 Å². The lowest BCUT2D eigenvalue weighted by atomic mass is 9.34. The van der Waals surface area contributed by atoms with Crippen LogP contribution in [0.15, 0.2) is 71.5 Å². The summed E-state index contributed by atoms with van der Waals surface area (Å²) in [6.45, 7) is 6.72. The Hall–Kier alpha value is -3.59. The number of aryl methyl sites for hydroxylation is 3. The van der Waals surface area contributed by atoms with E-state index in [-0.39, 0.29) is 12.1 Å². The molecule has 1 aliphatic heterocycles. The maximum Gasteiger partial charge on any atom is 0.247 e. The zero-order valence-electron chi connectivity index (χ0n) is 17.8. The summed E-state index contributed by atoms with van der Waals surface area (Å²) in [4.78, 5) is 13.6. The number of nitrogens with zero attached hydrogens (tertiary/aromatic N) is 1. The highest BCUT2D eigenvalue weighted by Crippen LogP contribution is 2.34. The average molecular weight is 397 g/mol. The first kappa shape index (κ1) is 17.1. The Morgan fingerprint density at radius 2 is 1.13 bits per heavy atom. The van der Waals surface area contributed by atoms with Crippen LogP contribution in [0.4, 0.5) is 0 Å². The van der Waals surface area contributed by atoms with Gasteiger partial charge in [-0.2, -0.15) is 0 Å². The van der Waals surface area contributed by atoms with Crippen LogP contribution in [0, 0.1) is 20.8 Å². The van der Waals surface area contributed by atoms with Crippen molar-refractivity contribution in [2.75, 3.05) is 0 Å². The van der Waals surface area contributed by atoms with Crippen molar-refractivity contribution in [2.45, 2.75) is 20.8 Å². The number of pyridine rings is 1. The second-order valence-electron chi connectivity index (χ2n) is 9.10. The van der Waals surface area contributed by atoms with E-state index in [0.717, 1.165) is 21.8 Å². The molecule has 0 saturated heterocycles. The second kappa shape index (κ2) is 5.56. The summed E-state index contributed by atoms with van der Waals surface area (Å²) in [6, 6.07) is 23.6.